The predicted octanol–water partition coefficient (Wildman–Crippen LogP) is 1.87. The molecule has 1 fully saturated rings. The topological polar surface area (TPSA) is 83.3 Å². The summed E-state index contributed by atoms with van der Waals surface area (Å²) < 4.78 is 1.73. The fraction of sp³-hybridized carbons (Fsp3) is 0.471. The molecule has 2 unspecified atom stereocenters. The highest BCUT2D eigenvalue weighted by Crippen LogP contribution is 2.19. The number of anilines is 1. The number of carbonyl (C=O) groups is 1. The average Bonchev–Trinajstić information content (AvgIpc) is 2.90. The summed E-state index contributed by atoms with van der Waals surface area (Å²) >= 11 is 0. The third-order valence-electron chi connectivity index (χ3n) is 4.38. The van der Waals surface area contributed by atoms with E-state index in [-0.39, 0.29) is 11.9 Å². The molecule has 2 aromatic heterocycles. The number of urea groups is 1. The van der Waals surface area contributed by atoms with Crippen molar-refractivity contribution in [3.8, 4) is 0 Å². The van der Waals surface area contributed by atoms with Crippen molar-refractivity contribution in [3.05, 3.63) is 41.9 Å². The van der Waals surface area contributed by atoms with Crippen LogP contribution in [0.1, 0.15) is 24.7 Å². The molecule has 7 nitrogen and oxygen atoms in total. The molecule has 0 bridgehead atoms. The second-order valence-electron chi connectivity index (χ2n) is 6.36. The lowest BCUT2D eigenvalue weighted by Crippen LogP contribution is -2.47. The molecule has 0 aromatic carbocycles. The highest BCUT2D eigenvalue weighted by molar-refractivity contribution is 5.88. The Bertz CT molecular complexity index is 700. The van der Waals surface area contributed by atoms with Crippen molar-refractivity contribution in [2.24, 2.45) is 5.92 Å². The number of carbonyl (C=O) groups excluding carboxylic acids is 1. The van der Waals surface area contributed by atoms with E-state index in [4.69, 9.17) is 0 Å². The van der Waals surface area contributed by atoms with Crippen LogP contribution in [-0.2, 0) is 6.54 Å². The summed E-state index contributed by atoms with van der Waals surface area (Å²) in [5, 5.41) is 17.3. The van der Waals surface area contributed by atoms with Crippen molar-refractivity contribution in [2.75, 3.05) is 18.4 Å². The molecule has 3 rings (SSSR count). The second kappa shape index (κ2) is 7.00. The summed E-state index contributed by atoms with van der Waals surface area (Å²) in [6.45, 7) is 5.39. The van der Waals surface area contributed by atoms with Crippen molar-refractivity contribution in [3.63, 3.8) is 0 Å². The molecule has 1 aliphatic heterocycles. The van der Waals surface area contributed by atoms with E-state index in [1.807, 2.05) is 38.1 Å². The lowest BCUT2D eigenvalue weighted by Gasteiger charge is -2.34. The number of β-amino-alcohol motifs (C(OH)–C–C–N with tert-alkyl or cyclic N) is 1. The lowest BCUT2D eigenvalue weighted by atomic mass is 9.96. The highest BCUT2D eigenvalue weighted by Gasteiger charge is 2.27. The Morgan fingerprint density at radius 2 is 2.29 bits per heavy atom. The van der Waals surface area contributed by atoms with Gasteiger partial charge in [-0.15, -0.1) is 0 Å². The average molecular weight is 329 g/mol. The Morgan fingerprint density at radius 3 is 3.00 bits per heavy atom. The number of likely N-dealkylation sites (tertiary alicyclic amines) is 1. The van der Waals surface area contributed by atoms with Gasteiger partial charge in [-0.25, -0.2) is 9.48 Å². The van der Waals surface area contributed by atoms with Gasteiger partial charge in [0.05, 0.1) is 24.0 Å². The van der Waals surface area contributed by atoms with Crippen LogP contribution in [0.3, 0.4) is 0 Å². The van der Waals surface area contributed by atoms with Gasteiger partial charge < -0.3 is 10.0 Å². The molecule has 0 radical (unpaired) electrons. The molecule has 2 atom stereocenters. The molecule has 24 heavy (non-hydrogen) atoms. The number of hydrogen-bond acceptors (Lipinski definition) is 4. The van der Waals surface area contributed by atoms with Crippen LogP contribution in [0.15, 0.2) is 30.5 Å². The van der Waals surface area contributed by atoms with Gasteiger partial charge in [-0.2, -0.15) is 5.10 Å². The van der Waals surface area contributed by atoms with E-state index >= 15 is 0 Å². The minimum Gasteiger partial charge on any atom is -0.391 e. The van der Waals surface area contributed by atoms with Gasteiger partial charge in [0.2, 0.25) is 0 Å². The van der Waals surface area contributed by atoms with E-state index in [1.54, 1.807) is 15.8 Å². The smallest absolute Gasteiger partial charge is 0.323 e. The molecule has 2 aromatic rings. The molecule has 0 aliphatic carbocycles. The van der Waals surface area contributed by atoms with E-state index in [1.165, 1.54) is 0 Å². The van der Waals surface area contributed by atoms with Crippen molar-refractivity contribution < 1.29 is 9.90 Å². The first-order chi connectivity index (χ1) is 11.5. The van der Waals surface area contributed by atoms with Crippen LogP contribution in [0.5, 0.6) is 0 Å². The zero-order valence-electron chi connectivity index (χ0n) is 14.0. The molecule has 3 heterocycles. The van der Waals surface area contributed by atoms with Crippen molar-refractivity contribution >= 4 is 11.8 Å². The summed E-state index contributed by atoms with van der Waals surface area (Å²) in [6, 6.07) is 7.34. The fourth-order valence-corrected chi connectivity index (χ4v) is 2.83. The minimum atomic E-state index is -0.468. The Hall–Kier alpha value is -2.41. The summed E-state index contributed by atoms with van der Waals surface area (Å²) in [4.78, 5) is 18.4. The molecule has 1 saturated heterocycles. The van der Waals surface area contributed by atoms with Gasteiger partial charge in [0.1, 0.15) is 5.82 Å². The Kier molecular flexibility index (Phi) is 4.80. The van der Waals surface area contributed by atoms with E-state index < -0.39 is 6.10 Å². The van der Waals surface area contributed by atoms with Gasteiger partial charge in [-0.3, -0.25) is 10.3 Å². The van der Waals surface area contributed by atoms with Crippen LogP contribution in [0.4, 0.5) is 10.6 Å². The quantitative estimate of drug-likeness (QED) is 0.900. The molecule has 7 heteroatoms. The van der Waals surface area contributed by atoms with E-state index in [0.717, 1.165) is 17.8 Å². The van der Waals surface area contributed by atoms with Gasteiger partial charge >= 0.3 is 6.03 Å². The number of pyridine rings is 1. The largest absolute Gasteiger partial charge is 0.391 e. The SMILES string of the molecule is Cc1cc(NC(=O)N2CCC(C)C(O)C2)n(Cc2ccccn2)n1. The molecule has 2 amide bonds. The second-order valence-corrected chi connectivity index (χ2v) is 6.36. The molecular formula is C17H23N5O2. The van der Waals surface area contributed by atoms with Crippen molar-refractivity contribution in [2.45, 2.75) is 32.9 Å². The summed E-state index contributed by atoms with van der Waals surface area (Å²) in [7, 11) is 0. The fourth-order valence-electron chi connectivity index (χ4n) is 2.83. The normalized spacial score (nSPS) is 20.9. The maximum Gasteiger partial charge on any atom is 0.323 e. The minimum absolute atomic E-state index is 0.205. The standard InChI is InChI=1S/C17H23N5O2/c1-12-6-8-21(11-15(12)23)17(24)19-16-9-13(2)20-22(16)10-14-5-3-4-7-18-14/h3-5,7,9,12,15,23H,6,8,10-11H2,1-2H3,(H,19,24). The molecular weight excluding hydrogens is 306 g/mol. The van der Waals surface area contributed by atoms with Gasteiger partial charge in [0, 0.05) is 25.4 Å². The van der Waals surface area contributed by atoms with Crippen molar-refractivity contribution in [1.82, 2.24) is 19.7 Å². The molecule has 2 N–H and O–H groups in total. The number of hydrogen-bond donors (Lipinski definition) is 2. The first kappa shape index (κ1) is 16.4. The lowest BCUT2D eigenvalue weighted by molar-refractivity contribution is 0.0463. The van der Waals surface area contributed by atoms with Crippen LogP contribution in [0, 0.1) is 12.8 Å². The first-order valence-electron chi connectivity index (χ1n) is 8.21. The number of amides is 2. The highest BCUT2D eigenvalue weighted by atomic mass is 16.3. The van der Waals surface area contributed by atoms with Crippen LogP contribution in [-0.4, -0.2) is 50.0 Å². The zero-order chi connectivity index (χ0) is 17.1. The van der Waals surface area contributed by atoms with Crippen molar-refractivity contribution in [1.29, 1.82) is 0 Å². The molecule has 1 aliphatic rings. The van der Waals surface area contributed by atoms with E-state index in [2.05, 4.69) is 15.4 Å². The number of aryl methyl sites for hydroxylation is 1. The zero-order valence-corrected chi connectivity index (χ0v) is 14.0. The Labute approximate surface area is 141 Å². The number of aliphatic hydroxyl groups is 1. The van der Waals surface area contributed by atoms with Gasteiger partial charge in [0.15, 0.2) is 0 Å². The third kappa shape index (κ3) is 3.73. The van der Waals surface area contributed by atoms with Crippen LogP contribution < -0.4 is 5.32 Å². The molecule has 0 saturated carbocycles. The monoisotopic (exact) mass is 329 g/mol. The predicted molar refractivity (Wildman–Crippen MR) is 90.7 cm³/mol. The summed E-state index contributed by atoms with van der Waals surface area (Å²) in [6.07, 6.45) is 2.07. The van der Waals surface area contributed by atoms with Crippen LogP contribution in [0.2, 0.25) is 0 Å². The molecule has 128 valence electrons. The van der Waals surface area contributed by atoms with E-state index in [9.17, 15) is 9.90 Å². The Balaban J connectivity index is 1.70. The number of nitrogens with one attached hydrogen (secondary N) is 1. The maximum atomic E-state index is 12.5. The maximum absolute atomic E-state index is 12.5. The van der Waals surface area contributed by atoms with E-state index in [0.29, 0.717) is 25.5 Å². The van der Waals surface area contributed by atoms with Crippen LogP contribution in [0.25, 0.3) is 0 Å². The van der Waals surface area contributed by atoms with Crippen LogP contribution >= 0.6 is 0 Å². The van der Waals surface area contributed by atoms with Gasteiger partial charge in [-0.05, 0) is 31.4 Å². The summed E-state index contributed by atoms with van der Waals surface area (Å²) in [5.74, 6) is 0.863. The van der Waals surface area contributed by atoms with Gasteiger partial charge in [-0.1, -0.05) is 13.0 Å². The third-order valence-corrected chi connectivity index (χ3v) is 4.38. The Morgan fingerprint density at radius 1 is 1.46 bits per heavy atom. The number of aliphatic hydroxyl groups excluding tert-OH is 1. The number of aromatic nitrogens is 3. The van der Waals surface area contributed by atoms with Gasteiger partial charge in [0.25, 0.3) is 0 Å². The number of piperidine rings is 1. The summed E-state index contributed by atoms with van der Waals surface area (Å²) in [5.41, 5.74) is 1.70. The number of rotatable bonds is 3. The first-order valence-corrected chi connectivity index (χ1v) is 8.21. The molecule has 0 spiro atoms. The number of nitrogens with zero attached hydrogens (tertiary/aromatic N) is 4.